The third kappa shape index (κ3) is 6.58. The molecule has 5 nitrogen and oxygen atoms in total. The zero-order valence-electron chi connectivity index (χ0n) is 13.0. The van der Waals surface area contributed by atoms with Crippen molar-refractivity contribution in [2.45, 2.75) is 45.3 Å². The Labute approximate surface area is 131 Å². The fraction of sp³-hybridized carbons (Fsp3) is 0.467. The van der Waals surface area contributed by atoms with E-state index in [0.717, 1.165) is 6.07 Å². The lowest BCUT2D eigenvalue weighted by molar-refractivity contribution is -0.137. The Hall–Kier alpha value is -2.25. The first-order chi connectivity index (χ1) is 10.5. The van der Waals surface area contributed by atoms with Crippen LogP contribution in [0.1, 0.15) is 32.8 Å². The van der Waals surface area contributed by atoms with Gasteiger partial charge in [-0.1, -0.05) is 0 Å². The number of nitrogens with one attached hydrogen (secondary N) is 1. The van der Waals surface area contributed by atoms with E-state index in [9.17, 15) is 22.8 Å². The lowest BCUT2D eigenvalue weighted by atomic mass is 10.0. The van der Waals surface area contributed by atoms with E-state index < -0.39 is 54.0 Å². The van der Waals surface area contributed by atoms with Gasteiger partial charge in [-0.2, -0.15) is 0 Å². The molecule has 0 aliphatic rings. The number of rotatable bonds is 5. The first-order valence-corrected chi connectivity index (χ1v) is 6.82. The number of halogens is 3. The maximum atomic E-state index is 13.7. The highest BCUT2D eigenvalue weighted by molar-refractivity contribution is 5.71. The predicted octanol–water partition coefficient (Wildman–Crippen LogP) is 3.01. The van der Waals surface area contributed by atoms with Gasteiger partial charge < -0.3 is 15.2 Å². The summed E-state index contributed by atoms with van der Waals surface area (Å²) in [6.45, 7) is 4.83. The minimum atomic E-state index is -1.38. The maximum Gasteiger partial charge on any atom is 0.407 e. The summed E-state index contributed by atoms with van der Waals surface area (Å²) >= 11 is 0. The zero-order valence-corrected chi connectivity index (χ0v) is 13.0. The van der Waals surface area contributed by atoms with Gasteiger partial charge in [-0.3, -0.25) is 4.79 Å². The molecule has 1 unspecified atom stereocenters. The van der Waals surface area contributed by atoms with Crippen molar-refractivity contribution in [2.75, 3.05) is 0 Å². The Balaban J connectivity index is 2.91. The molecule has 0 fully saturated rings. The van der Waals surface area contributed by atoms with Gasteiger partial charge in [0, 0.05) is 12.1 Å². The average Bonchev–Trinajstić information content (AvgIpc) is 2.31. The number of carbonyl (C=O) groups excluding carboxylic acids is 1. The fourth-order valence-corrected chi connectivity index (χ4v) is 1.88. The van der Waals surface area contributed by atoms with Gasteiger partial charge in [-0.15, -0.1) is 0 Å². The number of amides is 1. The van der Waals surface area contributed by atoms with Gasteiger partial charge in [0.05, 0.1) is 6.42 Å². The van der Waals surface area contributed by atoms with Crippen LogP contribution < -0.4 is 5.32 Å². The summed E-state index contributed by atoms with van der Waals surface area (Å²) in [7, 11) is 0. The number of carboxylic acids is 1. The topological polar surface area (TPSA) is 75.6 Å². The van der Waals surface area contributed by atoms with Crippen molar-refractivity contribution in [3.05, 3.63) is 35.1 Å². The number of ether oxygens (including phenoxy) is 1. The van der Waals surface area contributed by atoms with Crippen LogP contribution in [0.15, 0.2) is 12.1 Å². The highest BCUT2D eigenvalue weighted by atomic mass is 19.2. The first-order valence-electron chi connectivity index (χ1n) is 6.82. The third-order valence-electron chi connectivity index (χ3n) is 2.68. The van der Waals surface area contributed by atoms with Crippen molar-refractivity contribution in [3.63, 3.8) is 0 Å². The van der Waals surface area contributed by atoms with Crippen molar-refractivity contribution < 1.29 is 32.6 Å². The van der Waals surface area contributed by atoms with Gasteiger partial charge in [0.1, 0.15) is 11.4 Å². The minimum Gasteiger partial charge on any atom is -0.481 e. The second-order valence-corrected chi connectivity index (χ2v) is 6.01. The summed E-state index contributed by atoms with van der Waals surface area (Å²) in [4.78, 5) is 22.5. The van der Waals surface area contributed by atoms with E-state index in [-0.39, 0.29) is 5.56 Å². The van der Waals surface area contributed by atoms with Crippen molar-refractivity contribution in [1.29, 1.82) is 0 Å². The first kappa shape index (κ1) is 18.8. The molecule has 2 N–H and O–H groups in total. The van der Waals surface area contributed by atoms with E-state index in [1.807, 2.05) is 0 Å². The molecule has 0 saturated carbocycles. The van der Waals surface area contributed by atoms with E-state index >= 15 is 0 Å². The smallest absolute Gasteiger partial charge is 0.407 e. The normalized spacial score (nSPS) is 12.6. The molecule has 0 radical (unpaired) electrons. The summed E-state index contributed by atoms with van der Waals surface area (Å²) < 4.78 is 45.0. The summed E-state index contributed by atoms with van der Waals surface area (Å²) in [6, 6.07) is 0.0501. The van der Waals surface area contributed by atoms with Crippen LogP contribution in [-0.4, -0.2) is 28.8 Å². The van der Waals surface area contributed by atoms with Gasteiger partial charge in [-0.05, 0) is 38.8 Å². The van der Waals surface area contributed by atoms with Gasteiger partial charge >= 0.3 is 12.1 Å². The molecule has 0 aromatic heterocycles. The van der Waals surface area contributed by atoms with E-state index in [4.69, 9.17) is 9.84 Å². The predicted molar refractivity (Wildman–Crippen MR) is 75.4 cm³/mol. The Kier molecular flexibility index (Phi) is 6.00. The van der Waals surface area contributed by atoms with Crippen LogP contribution in [0.3, 0.4) is 0 Å². The number of aliphatic carboxylic acids is 1. The molecule has 0 aliphatic carbocycles. The average molecular weight is 333 g/mol. The van der Waals surface area contributed by atoms with Crippen LogP contribution in [0, 0.1) is 17.5 Å². The van der Waals surface area contributed by atoms with Gasteiger partial charge in [-0.25, -0.2) is 18.0 Å². The molecule has 0 aliphatic heterocycles. The summed E-state index contributed by atoms with van der Waals surface area (Å²) in [5, 5.41) is 11.1. The van der Waals surface area contributed by atoms with Crippen molar-refractivity contribution in [1.82, 2.24) is 5.32 Å². The number of benzene rings is 1. The molecule has 23 heavy (non-hydrogen) atoms. The Morgan fingerprint density at radius 3 is 2.39 bits per heavy atom. The number of hydrogen-bond acceptors (Lipinski definition) is 3. The zero-order chi connectivity index (χ0) is 17.8. The van der Waals surface area contributed by atoms with Crippen molar-refractivity contribution in [2.24, 2.45) is 0 Å². The number of carbonyl (C=O) groups is 2. The molecule has 0 saturated heterocycles. The third-order valence-corrected chi connectivity index (χ3v) is 2.68. The molecule has 0 spiro atoms. The van der Waals surface area contributed by atoms with Crippen LogP contribution in [0.2, 0.25) is 0 Å². The molecule has 1 rings (SSSR count). The second kappa shape index (κ2) is 7.34. The molecule has 1 aromatic rings. The molecule has 1 amide bonds. The van der Waals surface area contributed by atoms with Crippen molar-refractivity contribution >= 4 is 12.1 Å². The molecule has 0 heterocycles. The van der Waals surface area contributed by atoms with E-state index in [1.54, 1.807) is 20.8 Å². The molecule has 1 aromatic carbocycles. The van der Waals surface area contributed by atoms with Crippen LogP contribution in [0.4, 0.5) is 18.0 Å². The number of carboxylic acid groups (broad SMARTS) is 1. The van der Waals surface area contributed by atoms with Crippen LogP contribution >= 0.6 is 0 Å². The summed E-state index contributed by atoms with van der Waals surface area (Å²) in [5.41, 5.74) is -1.18. The minimum absolute atomic E-state index is 0.371. The molecule has 0 bridgehead atoms. The summed E-state index contributed by atoms with van der Waals surface area (Å²) in [5.74, 6) is -4.92. The lowest BCUT2D eigenvalue weighted by Crippen LogP contribution is -2.41. The second-order valence-electron chi connectivity index (χ2n) is 6.01. The van der Waals surface area contributed by atoms with Crippen LogP contribution in [0.25, 0.3) is 0 Å². The molecule has 8 heteroatoms. The van der Waals surface area contributed by atoms with Crippen molar-refractivity contribution in [3.8, 4) is 0 Å². The van der Waals surface area contributed by atoms with E-state index in [1.165, 1.54) is 0 Å². The van der Waals surface area contributed by atoms with Gasteiger partial charge in [0.15, 0.2) is 11.6 Å². The van der Waals surface area contributed by atoms with Crippen LogP contribution in [-0.2, 0) is 16.0 Å². The quantitative estimate of drug-likeness (QED) is 0.812. The molecular weight excluding hydrogens is 315 g/mol. The standard InChI is InChI=1S/C15H18F3NO4/c1-15(2,3)23-14(22)19-10(7-12(20)21)5-8-4-9(16)6-11(17)13(8)18/h4,6,10H,5,7H2,1-3H3,(H,19,22)(H,20,21). The Bertz CT molecular complexity index is 599. The Morgan fingerprint density at radius 1 is 1.26 bits per heavy atom. The SMILES string of the molecule is CC(C)(C)OC(=O)NC(CC(=O)O)Cc1cc(F)cc(F)c1F. The molecule has 1 atom stereocenters. The highest BCUT2D eigenvalue weighted by Crippen LogP contribution is 2.17. The number of hydrogen-bond donors (Lipinski definition) is 2. The van der Waals surface area contributed by atoms with Crippen LogP contribution in [0.5, 0.6) is 0 Å². The molecular formula is C15H18F3NO4. The van der Waals surface area contributed by atoms with E-state index in [0.29, 0.717) is 6.07 Å². The van der Waals surface area contributed by atoms with Gasteiger partial charge in [0.2, 0.25) is 0 Å². The van der Waals surface area contributed by atoms with Gasteiger partial charge in [0.25, 0.3) is 0 Å². The largest absolute Gasteiger partial charge is 0.481 e. The number of alkyl carbamates (subject to hydrolysis) is 1. The Morgan fingerprint density at radius 2 is 1.87 bits per heavy atom. The summed E-state index contributed by atoms with van der Waals surface area (Å²) in [6.07, 6.45) is -1.86. The maximum absolute atomic E-state index is 13.7. The lowest BCUT2D eigenvalue weighted by Gasteiger charge is -2.23. The molecule has 128 valence electrons. The van der Waals surface area contributed by atoms with E-state index in [2.05, 4.69) is 5.32 Å². The fourth-order valence-electron chi connectivity index (χ4n) is 1.88. The monoisotopic (exact) mass is 333 g/mol. The highest BCUT2D eigenvalue weighted by Gasteiger charge is 2.23.